The maximum Gasteiger partial charge on any atom is 0.0197 e. The second kappa shape index (κ2) is 5.99. The van der Waals surface area contributed by atoms with Gasteiger partial charge in [0, 0.05) is 19.8 Å². The minimum atomic E-state index is 0.962. The number of allylic oxidation sites excluding steroid dienone is 2. The number of hydrogen-bond acceptors (Lipinski definition) is 1. The maximum atomic E-state index is 4.15. The van der Waals surface area contributed by atoms with Crippen LogP contribution >= 0.6 is 0 Å². The van der Waals surface area contributed by atoms with Crippen LogP contribution in [-0.2, 0) is 0 Å². The number of hydrogen-bond donors (Lipinski definition) is 0. The molecule has 0 aromatic carbocycles. The summed E-state index contributed by atoms with van der Waals surface area (Å²) in [6, 6.07) is 0. The Hall–Kier alpha value is -0.720. The summed E-state index contributed by atoms with van der Waals surface area (Å²) in [6.07, 6.45) is 8.62. The topological polar surface area (TPSA) is 3.24 Å². The third kappa shape index (κ3) is 4.55. The summed E-state index contributed by atoms with van der Waals surface area (Å²) in [4.78, 5) is 2.35. The normalized spacial score (nSPS) is 16.6. The van der Waals surface area contributed by atoms with Crippen molar-refractivity contribution >= 4 is 0 Å². The van der Waals surface area contributed by atoms with Gasteiger partial charge in [-0.2, -0.15) is 0 Å². The monoisotopic (exact) mass is 207 g/mol. The zero-order valence-corrected chi connectivity index (χ0v) is 10.6. The Morgan fingerprint density at radius 1 is 1.40 bits per heavy atom. The van der Waals surface area contributed by atoms with E-state index in [1.54, 1.807) is 0 Å². The van der Waals surface area contributed by atoms with E-state index >= 15 is 0 Å². The van der Waals surface area contributed by atoms with E-state index in [1.165, 1.54) is 43.4 Å². The second-order valence-corrected chi connectivity index (χ2v) is 4.74. The first-order valence-electron chi connectivity index (χ1n) is 6.26. The zero-order chi connectivity index (χ0) is 11.3. The fourth-order valence-electron chi connectivity index (χ4n) is 1.86. The lowest BCUT2D eigenvalue weighted by Crippen LogP contribution is -2.15. The molecule has 0 atom stereocenters. The molecular weight excluding hydrogens is 182 g/mol. The van der Waals surface area contributed by atoms with Crippen LogP contribution in [0.4, 0.5) is 0 Å². The average Bonchev–Trinajstić information content (AvgIpc) is 2.99. The van der Waals surface area contributed by atoms with E-state index in [4.69, 9.17) is 0 Å². The molecule has 0 saturated heterocycles. The predicted octanol–water partition coefficient (Wildman–Crippen LogP) is 3.98. The van der Waals surface area contributed by atoms with Crippen LogP contribution in [-0.4, -0.2) is 18.5 Å². The third-order valence-corrected chi connectivity index (χ3v) is 3.02. The Bertz CT molecular complexity index is 236. The molecule has 1 aliphatic carbocycles. The van der Waals surface area contributed by atoms with Gasteiger partial charge >= 0.3 is 0 Å². The van der Waals surface area contributed by atoms with Crippen LogP contribution in [0.1, 0.15) is 46.0 Å². The van der Waals surface area contributed by atoms with Crippen molar-refractivity contribution in [3.05, 3.63) is 23.9 Å². The Labute approximate surface area is 94.9 Å². The lowest BCUT2D eigenvalue weighted by atomic mass is 10.0. The first kappa shape index (κ1) is 12.4. The molecule has 15 heavy (non-hydrogen) atoms. The van der Waals surface area contributed by atoms with E-state index in [2.05, 4.69) is 38.6 Å². The van der Waals surface area contributed by atoms with Crippen molar-refractivity contribution in [3.8, 4) is 0 Å². The molecule has 0 aromatic rings. The second-order valence-electron chi connectivity index (χ2n) is 4.74. The van der Waals surface area contributed by atoms with Gasteiger partial charge in [0.25, 0.3) is 0 Å². The van der Waals surface area contributed by atoms with Crippen LogP contribution in [0.25, 0.3) is 0 Å². The minimum Gasteiger partial charge on any atom is -0.380 e. The van der Waals surface area contributed by atoms with Gasteiger partial charge in [-0.25, -0.2) is 0 Å². The van der Waals surface area contributed by atoms with Crippen LogP contribution in [0.5, 0.6) is 0 Å². The van der Waals surface area contributed by atoms with Crippen LogP contribution in [0.2, 0.25) is 0 Å². The number of rotatable bonds is 7. The Kier molecular flexibility index (Phi) is 4.93. The molecule has 0 unspecified atom stereocenters. The first-order valence-corrected chi connectivity index (χ1v) is 6.26. The van der Waals surface area contributed by atoms with E-state index in [-0.39, 0.29) is 0 Å². The average molecular weight is 207 g/mol. The van der Waals surface area contributed by atoms with Crippen molar-refractivity contribution in [3.63, 3.8) is 0 Å². The lowest BCUT2D eigenvalue weighted by Gasteiger charge is -2.17. The van der Waals surface area contributed by atoms with Gasteiger partial charge in [0.05, 0.1) is 0 Å². The smallest absolute Gasteiger partial charge is 0.0197 e. The molecule has 1 fully saturated rings. The summed E-state index contributed by atoms with van der Waals surface area (Å²) in [5.41, 5.74) is 2.75. The molecule has 1 heteroatoms. The molecule has 0 bridgehead atoms. The molecule has 0 aromatic heterocycles. The van der Waals surface area contributed by atoms with Gasteiger partial charge in [-0.1, -0.05) is 32.4 Å². The Morgan fingerprint density at radius 2 is 2.07 bits per heavy atom. The molecule has 1 nitrogen and oxygen atoms in total. The quantitative estimate of drug-likeness (QED) is 0.571. The standard InChI is InChI=1S/C14H25N/c1-5-7-14(12(3)6-2)11-15(4)10-13-8-9-13/h11,13H,3,5-10H2,1-2,4H3/b14-11-. The summed E-state index contributed by atoms with van der Waals surface area (Å²) >= 11 is 0. The molecule has 0 spiro atoms. The van der Waals surface area contributed by atoms with Crippen molar-refractivity contribution in [1.29, 1.82) is 0 Å². The van der Waals surface area contributed by atoms with Gasteiger partial charge in [-0.3, -0.25) is 0 Å². The highest BCUT2D eigenvalue weighted by Crippen LogP contribution is 2.30. The summed E-state index contributed by atoms with van der Waals surface area (Å²) in [5.74, 6) is 0.962. The molecule has 0 heterocycles. The molecule has 1 saturated carbocycles. The molecule has 1 rings (SSSR count). The molecule has 86 valence electrons. The van der Waals surface area contributed by atoms with Crippen molar-refractivity contribution in [1.82, 2.24) is 4.90 Å². The Balaban J connectivity index is 2.50. The van der Waals surface area contributed by atoms with Crippen LogP contribution in [0, 0.1) is 5.92 Å². The fraction of sp³-hybridized carbons (Fsp3) is 0.714. The maximum absolute atomic E-state index is 4.15. The van der Waals surface area contributed by atoms with E-state index in [0.29, 0.717) is 0 Å². The molecular formula is C14H25N. The minimum absolute atomic E-state index is 0.962. The van der Waals surface area contributed by atoms with Crippen molar-refractivity contribution < 1.29 is 0 Å². The SMILES string of the molecule is C=C(CC)/C(=C\N(C)CC1CC1)CCC. The van der Waals surface area contributed by atoms with Crippen molar-refractivity contribution in [2.24, 2.45) is 5.92 Å². The highest BCUT2D eigenvalue weighted by Gasteiger charge is 2.22. The van der Waals surface area contributed by atoms with Gasteiger partial charge in [-0.15, -0.1) is 0 Å². The van der Waals surface area contributed by atoms with Gasteiger partial charge in [0.2, 0.25) is 0 Å². The van der Waals surface area contributed by atoms with Crippen LogP contribution in [0.3, 0.4) is 0 Å². The third-order valence-electron chi connectivity index (χ3n) is 3.02. The molecule has 0 aliphatic heterocycles. The highest BCUT2D eigenvalue weighted by atomic mass is 15.1. The predicted molar refractivity (Wildman–Crippen MR) is 67.8 cm³/mol. The summed E-state index contributed by atoms with van der Waals surface area (Å²) < 4.78 is 0. The van der Waals surface area contributed by atoms with E-state index in [9.17, 15) is 0 Å². The first-order chi connectivity index (χ1) is 7.17. The van der Waals surface area contributed by atoms with E-state index in [0.717, 1.165) is 12.3 Å². The molecule has 0 radical (unpaired) electrons. The van der Waals surface area contributed by atoms with Gasteiger partial charge in [-0.05, 0) is 37.2 Å². The summed E-state index contributed by atoms with van der Waals surface area (Å²) in [6.45, 7) is 9.79. The molecule has 1 aliphatic rings. The van der Waals surface area contributed by atoms with Crippen LogP contribution in [0.15, 0.2) is 23.9 Å². The van der Waals surface area contributed by atoms with Gasteiger partial charge < -0.3 is 4.90 Å². The van der Waals surface area contributed by atoms with Gasteiger partial charge in [0.1, 0.15) is 0 Å². The largest absolute Gasteiger partial charge is 0.380 e. The lowest BCUT2D eigenvalue weighted by molar-refractivity contribution is 0.428. The van der Waals surface area contributed by atoms with E-state index in [1.807, 2.05) is 0 Å². The Morgan fingerprint density at radius 3 is 2.53 bits per heavy atom. The van der Waals surface area contributed by atoms with Gasteiger partial charge in [0.15, 0.2) is 0 Å². The number of nitrogens with zero attached hydrogens (tertiary/aromatic N) is 1. The summed E-state index contributed by atoms with van der Waals surface area (Å²) in [7, 11) is 2.19. The molecule has 0 N–H and O–H groups in total. The van der Waals surface area contributed by atoms with E-state index < -0.39 is 0 Å². The van der Waals surface area contributed by atoms with Crippen molar-refractivity contribution in [2.75, 3.05) is 13.6 Å². The fourth-order valence-corrected chi connectivity index (χ4v) is 1.86. The highest BCUT2D eigenvalue weighted by molar-refractivity contribution is 5.27. The zero-order valence-electron chi connectivity index (χ0n) is 10.6. The molecule has 0 amide bonds. The van der Waals surface area contributed by atoms with Crippen molar-refractivity contribution in [2.45, 2.75) is 46.0 Å². The summed E-state index contributed by atoms with van der Waals surface area (Å²) in [5, 5.41) is 0. The van der Waals surface area contributed by atoms with Crippen LogP contribution < -0.4 is 0 Å².